The molecule has 2 aliphatic heterocycles. The van der Waals surface area contributed by atoms with E-state index in [9.17, 15) is 4.79 Å². The number of aryl methyl sites for hydroxylation is 1. The Morgan fingerprint density at radius 3 is 2.74 bits per heavy atom. The van der Waals surface area contributed by atoms with Gasteiger partial charge in [-0.25, -0.2) is 9.97 Å². The van der Waals surface area contributed by atoms with E-state index >= 15 is 0 Å². The lowest BCUT2D eigenvalue weighted by molar-refractivity contribution is -0.133. The molecule has 0 bridgehead atoms. The molecule has 0 radical (unpaired) electrons. The van der Waals surface area contributed by atoms with Crippen LogP contribution in [-0.2, 0) is 4.79 Å². The Hall–Kier alpha value is -1.69. The Balaban J connectivity index is 1.70. The molecule has 2 aliphatic rings. The van der Waals surface area contributed by atoms with E-state index in [4.69, 9.17) is 0 Å². The predicted octanol–water partition coefficient (Wildman–Crippen LogP) is 1.98. The molecule has 23 heavy (non-hydrogen) atoms. The highest BCUT2D eigenvalue weighted by Gasteiger charge is 2.30. The van der Waals surface area contributed by atoms with E-state index in [1.807, 2.05) is 24.9 Å². The Bertz CT molecular complexity index is 556. The molecule has 1 aromatic heterocycles. The van der Waals surface area contributed by atoms with E-state index < -0.39 is 0 Å². The minimum Gasteiger partial charge on any atom is -0.373 e. The fourth-order valence-corrected chi connectivity index (χ4v) is 3.66. The molecule has 6 heteroatoms. The van der Waals surface area contributed by atoms with Crippen LogP contribution < -0.4 is 5.32 Å². The SMILES string of the molecule is CNc1cc(C2CCCN2CC(=O)N2CCCCC2)nc(C)n1. The van der Waals surface area contributed by atoms with Crippen molar-refractivity contribution in [3.8, 4) is 0 Å². The van der Waals surface area contributed by atoms with Crippen LogP contribution in [0.4, 0.5) is 5.82 Å². The second-order valence-electron chi connectivity index (χ2n) is 6.55. The van der Waals surface area contributed by atoms with Gasteiger partial charge in [-0.2, -0.15) is 0 Å². The zero-order valence-electron chi connectivity index (χ0n) is 14.2. The Morgan fingerprint density at radius 2 is 2.00 bits per heavy atom. The van der Waals surface area contributed by atoms with Gasteiger partial charge in [0.1, 0.15) is 11.6 Å². The largest absolute Gasteiger partial charge is 0.373 e. The first-order valence-electron chi connectivity index (χ1n) is 8.72. The highest BCUT2D eigenvalue weighted by Crippen LogP contribution is 2.31. The molecular weight excluding hydrogens is 290 g/mol. The van der Waals surface area contributed by atoms with E-state index in [1.165, 1.54) is 6.42 Å². The van der Waals surface area contributed by atoms with Crippen LogP contribution in [-0.4, -0.2) is 58.9 Å². The van der Waals surface area contributed by atoms with E-state index in [0.29, 0.717) is 6.54 Å². The topological polar surface area (TPSA) is 61.4 Å². The third-order valence-corrected chi connectivity index (χ3v) is 4.87. The summed E-state index contributed by atoms with van der Waals surface area (Å²) < 4.78 is 0. The van der Waals surface area contributed by atoms with Crippen molar-refractivity contribution in [2.75, 3.05) is 38.5 Å². The van der Waals surface area contributed by atoms with Crippen LogP contribution in [0.1, 0.15) is 49.7 Å². The first-order valence-corrected chi connectivity index (χ1v) is 8.72. The maximum Gasteiger partial charge on any atom is 0.236 e. The van der Waals surface area contributed by atoms with Gasteiger partial charge in [0.15, 0.2) is 0 Å². The van der Waals surface area contributed by atoms with Gasteiger partial charge in [-0.15, -0.1) is 0 Å². The Labute approximate surface area is 138 Å². The third kappa shape index (κ3) is 3.80. The average molecular weight is 317 g/mol. The molecule has 0 aromatic carbocycles. The van der Waals surface area contributed by atoms with Crippen LogP contribution >= 0.6 is 0 Å². The number of likely N-dealkylation sites (tertiary alicyclic amines) is 2. The van der Waals surface area contributed by atoms with Gasteiger partial charge in [0, 0.05) is 26.2 Å². The summed E-state index contributed by atoms with van der Waals surface area (Å²) in [5.41, 5.74) is 1.03. The number of nitrogens with zero attached hydrogens (tertiary/aromatic N) is 4. The maximum atomic E-state index is 12.6. The molecule has 3 rings (SSSR count). The van der Waals surface area contributed by atoms with Gasteiger partial charge in [0.25, 0.3) is 0 Å². The molecule has 2 saturated heterocycles. The molecule has 126 valence electrons. The number of anilines is 1. The molecule has 1 unspecified atom stereocenters. The van der Waals surface area contributed by atoms with Crippen LogP contribution in [0.15, 0.2) is 6.07 Å². The normalized spacial score (nSPS) is 22.3. The number of carbonyl (C=O) groups excluding carboxylic acids is 1. The number of aromatic nitrogens is 2. The lowest BCUT2D eigenvalue weighted by atomic mass is 10.1. The van der Waals surface area contributed by atoms with Crippen LogP contribution in [0.3, 0.4) is 0 Å². The molecule has 0 aliphatic carbocycles. The lowest BCUT2D eigenvalue weighted by Crippen LogP contribution is -2.42. The van der Waals surface area contributed by atoms with Crippen molar-refractivity contribution in [2.24, 2.45) is 0 Å². The van der Waals surface area contributed by atoms with Crippen molar-refractivity contribution in [1.82, 2.24) is 19.8 Å². The quantitative estimate of drug-likeness (QED) is 0.920. The van der Waals surface area contributed by atoms with Crippen LogP contribution in [0.2, 0.25) is 0 Å². The van der Waals surface area contributed by atoms with E-state index in [-0.39, 0.29) is 11.9 Å². The number of nitrogens with one attached hydrogen (secondary N) is 1. The van der Waals surface area contributed by atoms with Crippen molar-refractivity contribution in [2.45, 2.75) is 45.1 Å². The second-order valence-corrected chi connectivity index (χ2v) is 6.55. The van der Waals surface area contributed by atoms with Crippen LogP contribution in [0, 0.1) is 6.92 Å². The van der Waals surface area contributed by atoms with Crippen LogP contribution in [0.5, 0.6) is 0 Å². The van der Waals surface area contributed by atoms with Crippen molar-refractivity contribution in [3.05, 3.63) is 17.6 Å². The smallest absolute Gasteiger partial charge is 0.236 e. The summed E-state index contributed by atoms with van der Waals surface area (Å²) in [5, 5.41) is 3.09. The first kappa shape index (κ1) is 16.2. The van der Waals surface area contributed by atoms with Crippen molar-refractivity contribution in [1.29, 1.82) is 0 Å². The molecule has 1 amide bonds. The molecule has 1 N–H and O–H groups in total. The minimum absolute atomic E-state index is 0.234. The number of hydrogen-bond acceptors (Lipinski definition) is 5. The molecule has 0 saturated carbocycles. The summed E-state index contributed by atoms with van der Waals surface area (Å²) in [6.45, 7) is 5.26. The van der Waals surface area contributed by atoms with Crippen molar-refractivity contribution in [3.63, 3.8) is 0 Å². The minimum atomic E-state index is 0.234. The predicted molar refractivity (Wildman–Crippen MR) is 90.3 cm³/mol. The van der Waals surface area contributed by atoms with Gasteiger partial charge in [0.05, 0.1) is 18.3 Å². The summed E-state index contributed by atoms with van der Waals surface area (Å²) in [6.07, 6.45) is 5.73. The fourth-order valence-electron chi connectivity index (χ4n) is 3.66. The molecule has 1 aromatic rings. The van der Waals surface area contributed by atoms with Gasteiger partial charge in [0.2, 0.25) is 5.91 Å². The van der Waals surface area contributed by atoms with Gasteiger partial charge in [-0.3, -0.25) is 9.69 Å². The van der Waals surface area contributed by atoms with E-state index in [0.717, 1.165) is 62.7 Å². The summed E-state index contributed by atoms with van der Waals surface area (Å²) in [6, 6.07) is 2.25. The number of amides is 1. The third-order valence-electron chi connectivity index (χ3n) is 4.87. The zero-order chi connectivity index (χ0) is 16.2. The lowest BCUT2D eigenvalue weighted by Gasteiger charge is -2.30. The molecule has 3 heterocycles. The highest BCUT2D eigenvalue weighted by molar-refractivity contribution is 5.78. The van der Waals surface area contributed by atoms with Crippen molar-refractivity contribution >= 4 is 11.7 Å². The summed E-state index contributed by atoms with van der Waals surface area (Å²) in [4.78, 5) is 25.9. The van der Waals surface area contributed by atoms with Gasteiger partial charge in [-0.05, 0) is 45.6 Å². The van der Waals surface area contributed by atoms with Gasteiger partial charge >= 0.3 is 0 Å². The van der Waals surface area contributed by atoms with Crippen LogP contribution in [0.25, 0.3) is 0 Å². The average Bonchev–Trinajstić information content (AvgIpc) is 3.03. The number of carbonyl (C=O) groups is 1. The van der Waals surface area contributed by atoms with Crippen molar-refractivity contribution < 1.29 is 4.79 Å². The molecular formula is C17H27N5O. The maximum absolute atomic E-state index is 12.6. The Morgan fingerprint density at radius 1 is 1.22 bits per heavy atom. The standard InChI is InChI=1S/C17H27N5O/c1-13-19-14(11-16(18-2)20-13)15-7-6-10-22(15)12-17(23)21-8-4-3-5-9-21/h11,15H,3-10,12H2,1-2H3,(H,18,19,20). The Kier molecular flexibility index (Phi) is 5.10. The molecule has 2 fully saturated rings. The molecule has 0 spiro atoms. The monoisotopic (exact) mass is 317 g/mol. The van der Waals surface area contributed by atoms with Gasteiger partial charge < -0.3 is 10.2 Å². The molecule has 1 atom stereocenters. The number of piperidine rings is 1. The summed E-state index contributed by atoms with van der Waals surface area (Å²) in [7, 11) is 1.87. The van der Waals surface area contributed by atoms with E-state index in [2.05, 4.69) is 20.2 Å². The summed E-state index contributed by atoms with van der Waals surface area (Å²) >= 11 is 0. The highest BCUT2D eigenvalue weighted by atomic mass is 16.2. The molecule has 6 nitrogen and oxygen atoms in total. The van der Waals surface area contributed by atoms with E-state index in [1.54, 1.807) is 0 Å². The second kappa shape index (κ2) is 7.25. The fraction of sp³-hybridized carbons (Fsp3) is 0.706. The number of hydrogen-bond donors (Lipinski definition) is 1. The number of rotatable bonds is 4. The zero-order valence-corrected chi connectivity index (χ0v) is 14.2. The summed E-state index contributed by atoms with van der Waals surface area (Å²) in [5.74, 6) is 1.90. The first-order chi connectivity index (χ1) is 11.2. The van der Waals surface area contributed by atoms with Gasteiger partial charge in [-0.1, -0.05) is 0 Å².